The van der Waals surface area contributed by atoms with E-state index in [0.29, 0.717) is 10.9 Å². The number of urea groups is 1. The highest BCUT2D eigenvalue weighted by atomic mass is 32.2. The van der Waals surface area contributed by atoms with E-state index in [1.165, 1.54) is 18.8 Å². The van der Waals surface area contributed by atoms with Gasteiger partial charge in [0.2, 0.25) is 11.1 Å². The molecule has 1 atom stereocenters. The van der Waals surface area contributed by atoms with Gasteiger partial charge in [-0.05, 0) is 26.8 Å². The quantitative estimate of drug-likeness (QED) is 0.809. The van der Waals surface area contributed by atoms with Gasteiger partial charge in [0.15, 0.2) is 0 Å². The lowest BCUT2D eigenvalue weighted by Gasteiger charge is -2.08. The Labute approximate surface area is 125 Å². The van der Waals surface area contributed by atoms with Gasteiger partial charge < -0.3 is 5.32 Å². The lowest BCUT2D eigenvalue weighted by molar-refractivity contribution is -0.119. The van der Waals surface area contributed by atoms with Gasteiger partial charge in [-0.1, -0.05) is 11.8 Å². The van der Waals surface area contributed by atoms with E-state index in [0.717, 1.165) is 11.4 Å². The number of nitrogens with one attached hydrogen (secondary N) is 2. The monoisotopic (exact) mass is 308 g/mol. The van der Waals surface area contributed by atoms with E-state index < -0.39 is 17.2 Å². The first-order chi connectivity index (χ1) is 9.90. The lowest BCUT2D eigenvalue weighted by atomic mass is 10.4. The number of thioether (sulfide) groups is 1. The van der Waals surface area contributed by atoms with Crippen LogP contribution >= 0.6 is 11.8 Å². The summed E-state index contributed by atoms with van der Waals surface area (Å²) in [6.45, 7) is 5.47. The Kier molecular flexibility index (Phi) is 4.41. The molecule has 2 aromatic rings. The number of aromatic nitrogens is 4. The summed E-state index contributed by atoms with van der Waals surface area (Å²) in [4.78, 5) is 31.4. The van der Waals surface area contributed by atoms with Gasteiger partial charge >= 0.3 is 6.03 Å². The molecule has 0 aromatic carbocycles. The van der Waals surface area contributed by atoms with Crippen LogP contribution in [0.4, 0.5) is 4.79 Å². The Balaban J connectivity index is 2.14. The first kappa shape index (κ1) is 15.2. The topological polar surface area (TPSA) is 101 Å². The largest absolute Gasteiger partial charge is 0.341 e. The maximum Gasteiger partial charge on any atom is 0.321 e. The standard InChI is InChI=1S/C12H16N6O2S/c1-6-5-7(2)18-10(14-6)16-12(17-18)21-8(3)9(19)15-11(20)13-4/h5,8H,1-4H3,(H2,13,15,19,20)/t8-/m1/s1. The summed E-state index contributed by atoms with van der Waals surface area (Å²) in [5.74, 6) is 0.0907. The molecular weight excluding hydrogens is 292 g/mol. The predicted molar refractivity (Wildman–Crippen MR) is 78.2 cm³/mol. The van der Waals surface area contributed by atoms with Crippen molar-refractivity contribution in [1.82, 2.24) is 30.2 Å². The molecule has 112 valence electrons. The predicted octanol–water partition coefficient (Wildman–Crippen LogP) is 0.677. The Morgan fingerprint density at radius 2 is 2.05 bits per heavy atom. The molecule has 0 spiro atoms. The van der Waals surface area contributed by atoms with E-state index in [-0.39, 0.29) is 0 Å². The van der Waals surface area contributed by atoms with Crippen molar-refractivity contribution in [2.24, 2.45) is 0 Å². The normalized spacial score (nSPS) is 12.2. The maximum atomic E-state index is 11.8. The second-order valence-electron chi connectivity index (χ2n) is 4.47. The number of rotatable bonds is 3. The zero-order chi connectivity index (χ0) is 15.6. The first-order valence-electron chi connectivity index (χ1n) is 6.31. The van der Waals surface area contributed by atoms with Crippen LogP contribution in [0.1, 0.15) is 18.3 Å². The molecule has 0 radical (unpaired) electrons. The summed E-state index contributed by atoms with van der Waals surface area (Å²) >= 11 is 1.17. The van der Waals surface area contributed by atoms with Crippen molar-refractivity contribution in [2.45, 2.75) is 31.2 Å². The highest BCUT2D eigenvalue weighted by Gasteiger charge is 2.19. The van der Waals surface area contributed by atoms with Gasteiger partial charge in [0.05, 0.1) is 5.25 Å². The second-order valence-corrected chi connectivity index (χ2v) is 5.78. The van der Waals surface area contributed by atoms with Gasteiger partial charge in [-0.25, -0.2) is 14.3 Å². The minimum Gasteiger partial charge on any atom is -0.341 e. The second kappa shape index (κ2) is 6.08. The van der Waals surface area contributed by atoms with Crippen molar-refractivity contribution in [3.05, 3.63) is 17.5 Å². The Morgan fingerprint density at radius 3 is 2.71 bits per heavy atom. The molecule has 2 rings (SSSR count). The fourth-order valence-corrected chi connectivity index (χ4v) is 2.43. The van der Waals surface area contributed by atoms with Gasteiger partial charge in [0.1, 0.15) is 0 Å². The van der Waals surface area contributed by atoms with Gasteiger partial charge in [-0.2, -0.15) is 4.98 Å². The molecule has 0 aliphatic rings. The number of hydrogen-bond donors (Lipinski definition) is 2. The molecule has 21 heavy (non-hydrogen) atoms. The van der Waals surface area contributed by atoms with E-state index in [1.54, 1.807) is 11.4 Å². The number of nitrogens with zero attached hydrogens (tertiary/aromatic N) is 4. The number of amides is 3. The SMILES string of the molecule is CNC(=O)NC(=O)[C@@H](C)Sc1nc2nc(C)cc(C)n2n1. The average molecular weight is 308 g/mol. The highest BCUT2D eigenvalue weighted by molar-refractivity contribution is 8.00. The molecule has 0 saturated heterocycles. The molecule has 0 saturated carbocycles. The summed E-state index contributed by atoms with van der Waals surface area (Å²) in [5, 5.41) is 8.78. The lowest BCUT2D eigenvalue weighted by Crippen LogP contribution is -2.41. The smallest absolute Gasteiger partial charge is 0.321 e. The van der Waals surface area contributed by atoms with Crippen LogP contribution in [0.5, 0.6) is 0 Å². The Hall–Kier alpha value is -2.16. The first-order valence-corrected chi connectivity index (χ1v) is 7.19. The third-order valence-corrected chi connectivity index (χ3v) is 3.67. The van der Waals surface area contributed by atoms with Gasteiger partial charge in [0, 0.05) is 18.4 Å². The molecule has 3 amide bonds. The minimum absolute atomic E-state index is 0.404. The number of carbonyl (C=O) groups excluding carboxylic acids is 2. The van der Waals surface area contributed by atoms with Crippen molar-refractivity contribution in [3.63, 3.8) is 0 Å². The van der Waals surface area contributed by atoms with Gasteiger partial charge in [-0.15, -0.1) is 5.10 Å². The van der Waals surface area contributed by atoms with Gasteiger partial charge in [-0.3, -0.25) is 10.1 Å². The van der Waals surface area contributed by atoms with Crippen LogP contribution in [0.15, 0.2) is 11.2 Å². The van der Waals surface area contributed by atoms with E-state index in [2.05, 4.69) is 25.7 Å². The van der Waals surface area contributed by atoms with Crippen LogP contribution in [-0.2, 0) is 4.79 Å². The molecule has 2 heterocycles. The summed E-state index contributed by atoms with van der Waals surface area (Å²) in [6.07, 6.45) is 0. The van der Waals surface area contributed by atoms with Crippen molar-refractivity contribution in [2.75, 3.05) is 7.05 Å². The minimum atomic E-state index is -0.538. The molecule has 0 fully saturated rings. The number of fused-ring (bicyclic) bond motifs is 1. The third kappa shape index (κ3) is 3.48. The summed E-state index contributed by atoms with van der Waals surface area (Å²) in [6, 6.07) is 1.36. The van der Waals surface area contributed by atoms with E-state index in [9.17, 15) is 9.59 Å². The van der Waals surface area contributed by atoms with E-state index in [1.807, 2.05) is 19.9 Å². The van der Waals surface area contributed by atoms with Crippen LogP contribution in [0, 0.1) is 13.8 Å². The third-order valence-electron chi connectivity index (χ3n) is 2.71. The van der Waals surface area contributed by atoms with E-state index >= 15 is 0 Å². The molecule has 0 aliphatic heterocycles. The molecular formula is C12H16N6O2S. The molecule has 0 bridgehead atoms. The summed E-state index contributed by atoms with van der Waals surface area (Å²) < 4.78 is 1.62. The van der Waals surface area contributed by atoms with Crippen molar-refractivity contribution in [3.8, 4) is 0 Å². The zero-order valence-corrected chi connectivity index (χ0v) is 13.0. The summed E-state index contributed by atoms with van der Waals surface area (Å²) in [7, 11) is 1.45. The van der Waals surface area contributed by atoms with Crippen molar-refractivity contribution in [1.29, 1.82) is 0 Å². The number of imide groups is 1. The highest BCUT2D eigenvalue weighted by Crippen LogP contribution is 2.20. The zero-order valence-electron chi connectivity index (χ0n) is 12.2. The van der Waals surface area contributed by atoms with Crippen LogP contribution in [0.2, 0.25) is 0 Å². The number of carbonyl (C=O) groups is 2. The Morgan fingerprint density at radius 1 is 1.33 bits per heavy atom. The van der Waals surface area contributed by atoms with Crippen molar-refractivity contribution < 1.29 is 9.59 Å². The van der Waals surface area contributed by atoms with Gasteiger partial charge in [0.25, 0.3) is 5.78 Å². The molecule has 8 nitrogen and oxygen atoms in total. The Bertz CT molecular complexity index is 698. The number of hydrogen-bond acceptors (Lipinski definition) is 6. The van der Waals surface area contributed by atoms with E-state index in [4.69, 9.17) is 0 Å². The molecule has 2 aromatic heterocycles. The van der Waals surface area contributed by atoms with Crippen molar-refractivity contribution >= 4 is 29.5 Å². The summed E-state index contributed by atoms with van der Waals surface area (Å²) in [5.41, 5.74) is 1.77. The molecule has 0 aliphatic carbocycles. The van der Waals surface area contributed by atoms with Crippen LogP contribution in [-0.4, -0.2) is 43.8 Å². The van der Waals surface area contributed by atoms with Crippen LogP contribution < -0.4 is 10.6 Å². The molecule has 9 heteroatoms. The maximum absolute atomic E-state index is 11.8. The fourth-order valence-electron chi connectivity index (χ4n) is 1.69. The average Bonchev–Trinajstić information content (AvgIpc) is 2.81. The fraction of sp³-hybridized carbons (Fsp3) is 0.417. The molecule has 0 unspecified atom stereocenters. The molecule has 2 N–H and O–H groups in total. The van der Waals surface area contributed by atoms with Crippen LogP contribution in [0.25, 0.3) is 5.78 Å². The number of aryl methyl sites for hydroxylation is 2. The van der Waals surface area contributed by atoms with Crippen LogP contribution in [0.3, 0.4) is 0 Å².